The fourth-order valence-corrected chi connectivity index (χ4v) is 2.24. The minimum Gasteiger partial charge on any atom is -0.497 e. The number of methoxy groups -OCH3 is 1. The number of carbonyl (C=O) groups excluding carboxylic acids is 1. The van der Waals surface area contributed by atoms with E-state index in [4.69, 9.17) is 4.74 Å². The Kier molecular flexibility index (Phi) is 13.4. The molecule has 156 valence electrons. The quantitative estimate of drug-likeness (QED) is 0.677. The Balaban J connectivity index is 0.000000593. The lowest BCUT2D eigenvalue weighted by molar-refractivity contribution is -0.115. The highest BCUT2D eigenvalue weighted by Crippen LogP contribution is 2.16. The molecule has 5 nitrogen and oxygen atoms in total. The van der Waals surface area contributed by atoms with Gasteiger partial charge in [-0.1, -0.05) is 55.5 Å². The zero-order valence-electron chi connectivity index (χ0n) is 17.8. The van der Waals surface area contributed by atoms with Crippen LogP contribution in [-0.4, -0.2) is 36.3 Å². The Morgan fingerprint density at radius 2 is 1.54 bits per heavy atom. The Morgan fingerprint density at radius 3 is 1.89 bits per heavy atom. The van der Waals surface area contributed by atoms with Crippen molar-refractivity contribution in [1.29, 1.82) is 0 Å². The molecule has 2 aromatic carbocycles. The standard InChI is InChI=1S/C15H25NO2.C6H6.C2H5NO/c1-5-13(17)11-16-15(2,3)10-12-6-8-14(18-4)9-7-12;1-2-4-6-5-3-1;1-2(3)4/h6-9,13,16-17H,5,10-11H2,1-4H3;1-6H;1H3,(H2,3,4)/t13-;;/m1../s1. The molecule has 1 atom stereocenters. The van der Waals surface area contributed by atoms with Crippen molar-refractivity contribution in [3.8, 4) is 5.75 Å². The van der Waals surface area contributed by atoms with Crippen molar-refractivity contribution in [2.75, 3.05) is 13.7 Å². The van der Waals surface area contributed by atoms with Gasteiger partial charge in [0, 0.05) is 19.0 Å². The van der Waals surface area contributed by atoms with Crippen molar-refractivity contribution in [2.45, 2.75) is 52.2 Å². The number of β-amino-alcohol motifs (C(OH)–C–C–N with tert-alkyl or cyclic N) is 1. The number of primary amides is 1. The monoisotopic (exact) mass is 388 g/mol. The first kappa shape index (κ1) is 25.6. The smallest absolute Gasteiger partial charge is 0.214 e. The normalized spacial score (nSPS) is 11.2. The molecule has 2 rings (SSSR count). The highest BCUT2D eigenvalue weighted by molar-refractivity contribution is 5.70. The van der Waals surface area contributed by atoms with E-state index in [-0.39, 0.29) is 17.6 Å². The first-order valence-electron chi connectivity index (χ1n) is 9.52. The number of aliphatic hydroxyl groups is 1. The number of amides is 1. The van der Waals surface area contributed by atoms with E-state index < -0.39 is 0 Å². The van der Waals surface area contributed by atoms with Gasteiger partial charge in [-0.3, -0.25) is 4.79 Å². The second-order valence-corrected chi connectivity index (χ2v) is 7.12. The molecule has 0 unspecified atom stereocenters. The molecule has 0 aliphatic carbocycles. The van der Waals surface area contributed by atoms with Gasteiger partial charge in [0.1, 0.15) is 5.75 Å². The second-order valence-electron chi connectivity index (χ2n) is 7.12. The summed E-state index contributed by atoms with van der Waals surface area (Å²) in [4.78, 5) is 9.22. The lowest BCUT2D eigenvalue weighted by Gasteiger charge is -2.28. The van der Waals surface area contributed by atoms with E-state index in [1.165, 1.54) is 12.5 Å². The van der Waals surface area contributed by atoms with E-state index >= 15 is 0 Å². The molecule has 0 aromatic heterocycles. The second kappa shape index (κ2) is 14.7. The number of hydrogen-bond acceptors (Lipinski definition) is 4. The van der Waals surface area contributed by atoms with Gasteiger partial charge in [0.15, 0.2) is 0 Å². The van der Waals surface area contributed by atoms with E-state index in [1.807, 2.05) is 55.5 Å². The summed E-state index contributed by atoms with van der Waals surface area (Å²) in [5, 5.41) is 13.0. The zero-order valence-corrected chi connectivity index (χ0v) is 17.8. The fraction of sp³-hybridized carbons (Fsp3) is 0.435. The van der Waals surface area contributed by atoms with Gasteiger partial charge in [0.05, 0.1) is 13.2 Å². The van der Waals surface area contributed by atoms with Crippen molar-refractivity contribution in [1.82, 2.24) is 5.32 Å². The van der Waals surface area contributed by atoms with Gasteiger partial charge in [-0.2, -0.15) is 0 Å². The lowest BCUT2D eigenvalue weighted by Crippen LogP contribution is -2.44. The van der Waals surface area contributed by atoms with Crippen LogP contribution in [0.4, 0.5) is 0 Å². The number of ether oxygens (including phenoxy) is 1. The molecule has 0 aliphatic heterocycles. The summed E-state index contributed by atoms with van der Waals surface area (Å²) in [6.45, 7) is 8.24. The van der Waals surface area contributed by atoms with Crippen LogP contribution < -0.4 is 15.8 Å². The molecule has 0 heterocycles. The number of nitrogens with two attached hydrogens (primary N) is 1. The van der Waals surface area contributed by atoms with E-state index in [0.29, 0.717) is 6.54 Å². The summed E-state index contributed by atoms with van der Waals surface area (Å²) in [6, 6.07) is 20.1. The molecule has 5 heteroatoms. The number of aliphatic hydroxyl groups excluding tert-OH is 1. The Labute approximate surface area is 169 Å². The highest BCUT2D eigenvalue weighted by atomic mass is 16.5. The molecule has 0 radical (unpaired) electrons. The van der Waals surface area contributed by atoms with Crippen molar-refractivity contribution in [3.05, 3.63) is 66.2 Å². The summed E-state index contributed by atoms with van der Waals surface area (Å²) >= 11 is 0. The van der Waals surface area contributed by atoms with Crippen LogP contribution >= 0.6 is 0 Å². The first-order valence-corrected chi connectivity index (χ1v) is 9.52. The predicted molar refractivity (Wildman–Crippen MR) is 116 cm³/mol. The minimum atomic E-state index is -0.333. The molecule has 0 bridgehead atoms. The van der Waals surface area contributed by atoms with Crippen LogP contribution in [0, 0.1) is 0 Å². The average Bonchev–Trinajstić information content (AvgIpc) is 2.68. The van der Waals surface area contributed by atoms with E-state index in [9.17, 15) is 9.90 Å². The van der Waals surface area contributed by atoms with Gasteiger partial charge in [-0.05, 0) is 44.4 Å². The Hall–Kier alpha value is -2.37. The molecule has 0 saturated carbocycles. The van der Waals surface area contributed by atoms with Crippen molar-refractivity contribution >= 4 is 5.91 Å². The third kappa shape index (κ3) is 14.8. The van der Waals surface area contributed by atoms with Crippen LogP contribution in [0.25, 0.3) is 0 Å². The molecule has 1 amide bonds. The van der Waals surface area contributed by atoms with Crippen molar-refractivity contribution < 1.29 is 14.6 Å². The molecule has 0 saturated heterocycles. The third-order valence-electron chi connectivity index (χ3n) is 3.76. The van der Waals surface area contributed by atoms with E-state index in [1.54, 1.807) is 7.11 Å². The molecule has 4 N–H and O–H groups in total. The number of benzene rings is 2. The number of rotatable bonds is 7. The average molecular weight is 389 g/mol. The largest absolute Gasteiger partial charge is 0.497 e. The minimum absolute atomic E-state index is 0.0231. The SMILES string of the molecule is CC(N)=O.CC[C@@H](O)CNC(C)(C)Cc1ccc(OC)cc1.c1ccccc1. The highest BCUT2D eigenvalue weighted by Gasteiger charge is 2.18. The van der Waals surface area contributed by atoms with Crippen LogP contribution in [0.15, 0.2) is 60.7 Å². The molecule has 0 fully saturated rings. The van der Waals surface area contributed by atoms with E-state index in [2.05, 4.69) is 37.0 Å². The molecule has 28 heavy (non-hydrogen) atoms. The molecule has 0 aliphatic rings. The fourth-order valence-electron chi connectivity index (χ4n) is 2.24. The topological polar surface area (TPSA) is 84.6 Å². The van der Waals surface area contributed by atoms with Crippen molar-refractivity contribution in [2.24, 2.45) is 5.73 Å². The number of carbonyl (C=O) groups is 1. The molecule has 2 aromatic rings. The summed E-state index contributed by atoms with van der Waals surface area (Å²) < 4.78 is 5.14. The maximum absolute atomic E-state index is 9.58. The maximum atomic E-state index is 9.58. The predicted octanol–water partition coefficient (Wildman–Crippen LogP) is 3.56. The maximum Gasteiger partial charge on any atom is 0.214 e. The van der Waals surface area contributed by atoms with Crippen LogP contribution in [0.3, 0.4) is 0 Å². The molecular weight excluding hydrogens is 352 g/mol. The van der Waals surface area contributed by atoms with Gasteiger partial charge in [0.25, 0.3) is 0 Å². The van der Waals surface area contributed by atoms with Gasteiger partial charge < -0.3 is 20.9 Å². The molecular formula is C23H36N2O3. The van der Waals surface area contributed by atoms with Crippen LogP contribution in [0.5, 0.6) is 5.75 Å². The van der Waals surface area contributed by atoms with Gasteiger partial charge >= 0.3 is 0 Å². The first-order chi connectivity index (χ1) is 13.2. The number of hydrogen-bond donors (Lipinski definition) is 3. The van der Waals surface area contributed by atoms with Crippen LogP contribution in [0.2, 0.25) is 0 Å². The van der Waals surface area contributed by atoms with Gasteiger partial charge in [0.2, 0.25) is 5.91 Å². The Morgan fingerprint density at radius 1 is 1.11 bits per heavy atom. The Bertz CT molecular complexity index is 597. The summed E-state index contributed by atoms with van der Waals surface area (Å²) in [7, 11) is 1.67. The summed E-state index contributed by atoms with van der Waals surface area (Å²) in [5.41, 5.74) is 5.71. The zero-order chi connectivity index (χ0) is 21.4. The van der Waals surface area contributed by atoms with Crippen LogP contribution in [0.1, 0.15) is 39.7 Å². The summed E-state index contributed by atoms with van der Waals surface area (Å²) in [6.07, 6.45) is 1.44. The van der Waals surface area contributed by atoms with Crippen molar-refractivity contribution in [3.63, 3.8) is 0 Å². The van der Waals surface area contributed by atoms with Gasteiger partial charge in [-0.15, -0.1) is 0 Å². The third-order valence-corrected chi connectivity index (χ3v) is 3.76. The molecule has 0 spiro atoms. The van der Waals surface area contributed by atoms with Gasteiger partial charge in [-0.25, -0.2) is 0 Å². The van der Waals surface area contributed by atoms with E-state index in [0.717, 1.165) is 18.6 Å². The lowest BCUT2D eigenvalue weighted by atomic mass is 9.94. The summed E-state index contributed by atoms with van der Waals surface area (Å²) in [5.74, 6) is 0.547. The van der Waals surface area contributed by atoms with Crippen LogP contribution in [-0.2, 0) is 11.2 Å². The number of nitrogens with one attached hydrogen (secondary N) is 1.